The molecule has 2 aliphatic rings. The highest BCUT2D eigenvalue weighted by atomic mass is 31.2. The van der Waals surface area contributed by atoms with Crippen LogP contribution in [0.2, 0.25) is 0 Å². The van der Waals surface area contributed by atoms with E-state index in [0.29, 0.717) is 19.3 Å². The predicted molar refractivity (Wildman–Crippen MR) is 259 cm³/mol. The van der Waals surface area contributed by atoms with E-state index in [0.717, 1.165) is 70.6 Å². The second-order valence-corrected chi connectivity index (χ2v) is 19.8. The number of rotatable bonds is 39. The number of esters is 2. The van der Waals surface area contributed by atoms with Crippen molar-refractivity contribution >= 4 is 27.6 Å². The SMILES string of the molecule is CCCCC/C=C\C/C=C\C/C=C\CCCCCCC(=O)OC[C@H](COP(=O)(O)O[C@H]1C(O)C(O)C(O)[C@@H](OP(=O)(O)O)C1O)OC(=O)CCCC1OC1C/C=C\C/C=C\C/C=C\CCCCC. The van der Waals surface area contributed by atoms with Gasteiger partial charge in [0.15, 0.2) is 6.10 Å². The summed E-state index contributed by atoms with van der Waals surface area (Å²) < 4.78 is 55.2. The Morgan fingerprint density at radius 1 is 0.544 bits per heavy atom. The molecule has 7 unspecified atom stereocenters. The van der Waals surface area contributed by atoms with Crippen molar-refractivity contribution < 1.29 is 81.6 Å². The van der Waals surface area contributed by atoms with Crippen molar-refractivity contribution in [3.63, 3.8) is 0 Å². The fourth-order valence-corrected chi connectivity index (χ4v) is 8.77. The van der Waals surface area contributed by atoms with Gasteiger partial charge in [0.1, 0.15) is 43.2 Å². The van der Waals surface area contributed by atoms with E-state index in [1.165, 1.54) is 38.5 Å². The molecule has 7 N–H and O–H groups in total. The zero-order chi connectivity index (χ0) is 50.0. The monoisotopic (exact) mass is 1000 g/mol. The maximum Gasteiger partial charge on any atom is 0.472 e. The summed E-state index contributed by atoms with van der Waals surface area (Å²) in [7, 11) is -10.7. The molecule has 390 valence electrons. The van der Waals surface area contributed by atoms with Crippen molar-refractivity contribution in [2.24, 2.45) is 0 Å². The van der Waals surface area contributed by atoms with Gasteiger partial charge in [0.2, 0.25) is 0 Å². The van der Waals surface area contributed by atoms with Crippen LogP contribution in [0.25, 0.3) is 0 Å². The average molecular weight is 1010 g/mol. The Labute approximate surface area is 404 Å². The molecule has 68 heavy (non-hydrogen) atoms. The van der Waals surface area contributed by atoms with Crippen molar-refractivity contribution in [2.75, 3.05) is 13.2 Å². The number of hydrogen-bond acceptors (Lipinski definition) is 14. The van der Waals surface area contributed by atoms with Gasteiger partial charge in [0.05, 0.1) is 18.8 Å². The average Bonchev–Trinajstić information content (AvgIpc) is 4.05. The first-order valence-corrected chi connectivity index (χ1v) is 27.6. The first-order valence-electron chi connectivity index (χ1n) is 24.6. The standard InChI is InChI=1S/C49H82O17P2/c1-3-5-7-9-11-13-15-17-18-19-20-21-23-25-27-29-31-35-42(50)61-37-39(38-62-68(59,60)66-49-46(54)44(52)45(53)48(47(49)55)65-67(56,57)58)63-43(51)36-32-34-41-40(64-41)33-30-28-26-24-22-16-14-12-10-8-6-4-2/h11-14,17-18,20-22,24,28,30,39-41,44-49,52-55H,3-10,15-16,19,23,25-27,29,31-38H2,1-2H3,(H,59,60)(H2,56,57,58)/b13-11-,14-12-,18-17-,21-20-,24-22-,30-28-/t39-,40?,41?,44?,45?,46?,47?,48-,49+/m1/s1. The number of aliphatic hydroxyl groups is 4. The lowest BCUT2D eigenvalue weighted by molar-refractivity contribution is -0.216. The summed E-state index contributed by atoms with van der Waals surface area (Å²) in [5, 5.41) is 41.3. The second kappa shape index (κ2) is 36.3. The quantitative estimate of drug-likeness (QED) is 0.00998. The summed E-state index contributed by atoms with van der Waals surface area (Å²) in [5.74, 6) is -1.31. The molecule has 10 atom stereocenters. The molecule has 1 aliphatic heterocycles. The molecule has 1 heterocycles. The molecule has 1 saturated carbocycles. The third-order valence-electron chi connectivity index (χ3n) is 11.2. The van der Waals surface area contributed by atoms with Gasteiger partial charge in [-0.25, -0.2) is 9.13 Å². The third kappa shape index (κ3) is 29.6. The summed E-state index contributed by atoms with van der Waals surface area (Å²) in [4.78, 5) is 54.5. The zero-order valence-corrected chi connectivity index (χ0v) is 42.0. The topological polar surface area (TPSA) is 269 Å². The van der Waals surface area contributed by atoms with Crippen molar-refractivity contribution in [1.82, 2.24) is 0 Å². The number of epoxide rings is 1. The fourth-order valence-electron chi connectivity index (χ4n) is 7.24. The summed E-state index contributed by atoms with van der Waals surface area (Å²) in [6, 6.07) is 0. The van der Waals surface area contributed by atoms with Gasteiger partial charge in [-0.2, -0.15) is 0 Å². The molecule has 0 radical (unpaired) electrons. The first kappa shape index (κ1) is 61.5. The highest BCUT2D eigenvalue weighted by Crippen LogP contribution is 2.49. The number of carbonyl (C=O) groups is 2. The van der Waals surface area contributed by atoms with Crippen molar-refractivity contribution in [3.05, 3.63) is 72.9 Å². The molecule has 0 aromatic heterocycles. The van der Waals surface area contributed by atoms with Gasteiger partial charge in [-0.1, -0.05) is 125 Å². The molecule has 0 spiro atoms. The summed E-state index contributed by atoms with van der Waals surface area (Å²) in [6.07, 6.45) is 30.1. The molecule has 2 rings (SSSR count). The Hall–Kier alpha value is -2.60. The molecule has 17 nitrogen and oxygen atoms in total. The van der Waals surface area contributed by atoms with E-state index < -0.39 is 83.5 Å². The Bertz CT molecular complexity index is 1660. The Balaban J connectivity index is 1.83. The number of ether oxygens (including phenoxy) is 3. The van der Waals surface area contributed by atoms with Crippen LogP contribution in [0.3, 0.4) is 0 Å². The zero-order valence-electron chi connectivity index (χ0n) is 40.2. The molecule has 0 aromatic carbocycles. The summed E-state index contributed by atoms with van der Waals surface area (Å²) in [5.41, 5.74) is 0. The number of phosphoric acid groups is 2. The smallest absolute Gasteiger partial charge is 0.462 e. The van der Waals surface area contributed by atoms with Crippen LogP contribution in [0.1, 0.15) is 155 Å². The minimum atomic E-state index is -5.38. The fraction of sp³-hybridized carbons (Fsp3) is 0.714. The van der Waals surface area contributed by atoms with Crippen LogP contribution < -0.4 is 0 Å². The van der Waals surface area contributed by atoms with Gasteiger partial charge in [-0.3, -0.25) is 23.2 Å². The number of carbonyl (C=O) groups excluding carboxylic acids is 2. The first-order chi connectivity index (χ1) is 32.6. The summed E-state index contributed by atoms with van der Waals surface area (Å²) in [6.45, 7) is 2.97. The van der Waals surface area contributed by atoms with Crippen LogP contribution in [0.5, 0.6) is 0 Å². The molecule has 0 bridgehead atoms. The largest absolute Gasteiger partial charge is 0.472 e. The van der Waals surface area contributed by atoms with Gasteiger partial charge in [0.25, 0.3) is 0 Å². The maximum absolute atomic E-state index is 13.0. The van der Waals surface area contributed by atoms with Crippen LogP contribution >= 0.6 is 15.6 Å². The van der Waals surface area contributed by atoms with Crippen molar-refractivity contribution in [1.29, 1.82) is 0 Å². The van der Waals surface area contributed by atoms with Crippen LogP contribution in [0.4, 0.5) is 0 Å². The minimum Gasteiger partial charge on any atom is -0.462 e. The minimum absolute atomic E-state index is 0.0172. The Kier molecular flexibility index (Phi) is 32.9. The van der Waals surface area contributed by atoms with Gasteiger partial charge >= 0.3 is 27.6 Å². The molecule has 19 heteroatoms. The van der Waals surface area contributed by atoms with Gasteiger partial charge in [-0.05, 0) is 89.9 Å². The van der Waals surface area contributed by atoms with E-state index in [1.807, 2.05) is 0 Å². The van der Waals surface area contributed by atoms with Gasteiger partial charge in [0, 0.05) is 12.8 Å². The molecular formula is C49H82O17P2. The maximum atomic E-state index is 13.0. The number of hydrogen-bond donors (Lipinski definition) is 7. The summed E-state index contributed by atoms with van der Waals surface area (Å²) >= 11 is 0. The molecular weight excluding hydrogens is 922 g/mol. The molecule has 1 saturated heterocycles. The van der Waals surface area contributed by atoms with Crippen LogP contribution in [0, 0.1) is 0 Å². The Morgan fingerprint density at radius 3 is 1.57 bits per heavy atom. The highest BCUT2D eigenvalue weighted by Gasteiger charge is 2.54. The lowest BCUT2D eigenvalue weighted by Crippen LogP contribution is -2.64. The lowest BCUT2D eigenvalue weighted by Gasteiger charge is -2.43. The van der Waals surface area contributed by atoms with E-state index in [9.17, 15) is 53.8 Å². The highest BCUT2D eigenvalue weighted by molar-refractivity contribution is 7.47. The van der Waals surface area contributed by atoms with E-state index in [2.05, 4.69) is 91.3 Å². The molecule has 1 aliphatic carbocycles. The Morgan fingerprint density at radius 2 is 1.03 bits per heavy atom. The van der Waals surface area contributed by atoms with Crippen LogP contribution in [-0.4, -0.2) is 115 Å². The van der Waals surface area contributed by atoms with Crippen molar-refractivity contribution in [3.8, 4) is 0 Å². The molecule has 0 aromatic rings. The number of phosphoric ester groups is 2. The van der Waals surface area contributed by atoms with Crippen molar-refractivity contribution in [2.45, 2.75) is 210 Å². The molecule has 2 fully saturated rings. The van der Waals surface area contributed by atoms with E-state index in [4.69, 9.17) is 23.3 Å². The van der Waals surface area contributed by atoms with Gasteiger partial charge in [-0.15, -0.1) is 0 Å². The van der Waals surface area contributed by atoms with E-state index in [1.54, 1.807) is 0 Å². The van der Waals surface area contributed by atoms with E-state index >= 15 is 0 Å². The van der Waals surface area contributed by atoms with Crippen LogP contribution in [0.15, 0.2) is 72.9 Å². The molecule has 0 amide bonds. The normalized spacial score (nSPS) is 24.8. The lowest BCUT2D eigenvalue weighted by atomic mass is 9.85. The van der Waals surface area contributed by atoms with Crippen LogP contribution in [-0.2, 0) is 46.5 Å². The van der Waals surface area contributed by atoms with E-state index in [-0.39, 0.29) is 25.0 Å². The number of unbranched alkanes of at least 4 members (excludes halogenated alkanes) is 10. The van der Waals surface area contributed by atoms with Gasteiger partial charge < -0.3 is 49.3 Å². The predicted octanol–water partition coefficient (Wildman–Crippen LogP) is 8.61. The number of aliphatic hydroxyl groups excluding tert-OH is 4. The third-order valence-corrected chi connectivity index (χ3v) is 12.7. The number of allylic oxidation sites excluding steroid dienone is 11. The second-order valence-electron chi connectivity index (χ2n) is 17.2.